The SMILES string of the molecule is NNc1cc(Nc2cc(Br)c(F)cc2F)nc(N)n1. The maximum absolute atomic E-state index is 13.6. The number of hydrazine groups is 1. The van der Waals surface area contributed by atoms with Gasteiger partial charge in [0.15, 0.2) is 0 Å². The van der Waals surface area contributed by atoms with Gasteiger partial charge in [-0.15, -0.1) is 0 Å². The van der Waals surface area contributed by atoms with Gasteiger partial charge >= 0.3 is 0 Å². The van der Waals surface area contributed by atoms with E-state index in [0.717, 1.165) is 6.07 Å². The van der Waals surface area contributed by atoms with E-state index in [1.165, 1.54) is 12.1 Å². The van der Waals surface area contributed by atoms with Gasteiger partial charge in [0.25, 0.3) is 0 Å². The molecular weight excluding hydrogens is 322 g/mol. The van der Waals surface area contributed by atoms with E-state index in [9.17, 15) is 8.78 Å². The number of benzene rings is 1. The molecule has 2 rings (SSSR count). The average molecular weight is 331 g/mol. The molecule has 100 valence electrons. The summed E-state index contributed by atoms with van der Waals surface area (Å²) in [4.78, 5) is 7.63. The van der Waals surface area contributed by atoms with Crippen LogP contribution in [0.4, 0.5) is 32.1 Å². The van der Waals surface area contributed by atoms with Crippen LogP contribution in [-0.2, 0) is 0 Å². The molecule has 19 heavy (non-hydrogen) atoms. The molecule has 0 saturated heterocycles. The highest BCUT2D eigenvalue weighted by Crippen LogP contribution is 2.26. The number of anilines is 4. The molecule has 0 fully saturated rings. The summed E-state index contributed by atoms with van der Waals surface area (Å²) in [6.45, 7) is 0. The molecular formula is C10H9BrF2N6. The molecule has 2 aromatic rings. The molecule has 6 nitrogen and oxygen atoms in total. The van der Waals surface area contributed by atoms with Crippen molar-refractivity contribution in [1.29, 1.82) is 0 Å². The number of hydrogen-bond acceptors (Lipinski definition) is 6. The lowest BCUT2D eigenvalue weighted by Crippen LogP contribution is -2.11. The highest BCUT2D eigenvalue weighted by Gasteiger charge is 2.10. The number of nitrogens with one attached hydrogen (secondary N) is 2. The summed E-state index contributed by atoms with van der Waals surface area (Å²) in [6.07, 6.45) is 0. The first-order chi connectivity index (χ1) is 8.99. The number of aromatic nitrogens is 2. The minimum Gasteiger partial charge on any atom is -0.368 e. The minimum atomic E-state index is -0.764. The van der Waals surface area contributed by atoms with E-state index in [-0.39, 0.29) is 27.7 Å². The van der Waals surface area contributed by atoms with Gasteiger partial charge in [0.2, 0.25) is 5.95 Å². The van der Waals surface area contributed by atoms with Crippen LogP contribution >= 0.6 is 15.9 Å². The Labute approximate surface area is 115 Å². The third kappa shape index (κ3) is 3.06. The van der Waals surface area contributed by atoms with E-state index in [4.69, 9.17) is 11.6 Å². The van der Waals surface area contributed by atoms with Crippen molar-refractivity contribution in [2.24, 2.45) is 5.84 Å². The standard InChI is InChI=1S/C10H9BrF2N6/c11-4-1-7(6(13)2-5(4)12)16-8-3-9(19-15)18-10(14)17-8/h1-3H,15H2,(H4,14,16,17,18,19). The number of nitrogens with two attached hydrogens (primary N) is 2. The first-order valence-corrected chi connectivity index (χ1v) is 5.81. The van der Waals surface area contributed by atoms with Crippen molar-refractivity contribution in [1.82, 2.24) is 9.97 Å². The third-order valence-corrected chi connectivity index (χ3v) is 2.77. The van der Waals surface area contributed by atoms with Crippen LogP contribution in [0.1, 0.15) is 0 Å². The predicted octanol–water partition coefficient (Wildman–Crippen LogP) is 2.13. The van der Waals surface area contributed by atoms with E-state index in [2.05, 4.69) is 36.6 Å². The summed E-state index contributed by atoms with van der Waals surface area (Å²) in [5, 5.41) is 2.66. The van der Waals surface area contributed by atoms with E-state index in [1.807, 2.05) is 0 Å². The fourth-order valence-electron chi connectivity index (χ4n) is 1.36. The van der Waals surface area contributed by atoms with Crippen LogP contribution in [0.3, 0.4) is 0 Å². The van der Waals surface area contributed by atoms with Gasteiger partial charge in [-0.25, -0.2) is 14.6 Å². The Hall–Kier alpha value is -2.00. The number of rotatable bonds is 3. The van der Waals surface area contributed by atoms with Gasteiger partial charge < -0.3 is 16.5 Å². The van der Waals surface area contributed by atoms with Crippen LogP contribution in [0.25, 0.3) is 0 Å². The van der Waals surface area contributed by atoms with Crippen LogP contribution in [0.5, 0.6) is 0 Å². The molecule has 9 heteroatoms. The number of hydrogen-bond donors (Lipinski definition) is 4. The van der Waals surface area contributed by atoms with E-state index in [1.54, 1.807) is 0 Å². The highest BCUT2D eigenvalue weighted by molar-refractivity contribution is 9.10. The Bertz CT molecular complexity index is 621. The predicted molar refractivity (Wildman–Crippen MR) is 71.6 cm³/mol. The fourth-order valence-corrected chi connectivity index (χ4v) is 1.70. The third-order valence-electron chi connectivity index (χ3n) is 2.16. The summed E-state index contributed by atoms with van der Waals surface area (Å²) in [7, 11) is 0. The van der Waals surface area contributed by atoms with Crippen molar-refractivity contribution in [3.05, 3.63) is 34.3 Å². The second kappa shape index (κ2) is 5.33. The molecule has 0 aliphatic heterocycles. The second-order valence-electron chi connectivity index (χ2n) is 3.51. The monoisotopic (exact) mass is 330 g/mol. The van der Waals surface area contributed by atoms with Crippen LogP contribution in [-0.4, -0.2) is 9.97 Å². The molecule has 1 aromatic heterocycles. The van der Waals surface area contributed by atoms with Crippen LogP contribution < -0.4 is 22.3 Å². The summed E-state index contributed by atoms with van der Waals surface area (Å²) in [6, 6.07) is 3.42. The van der Waals surface area contributed by atoms with Crippen molar-refractivity contribution in [3.63, 3.8) is 0 Å². The maximum atomic E-state index is 13.6. The molecule has 0 bridgehead atoms. The van der Waals surface area contributed by atoms with Crippen molar-refractivity contribution >= 4 is 39.2 Å². The first kappa shape index (κ1) is 13.4. The Morgan fingerprint density at radius 2 is 1.74 bits per heavy atom. The largest absolute Gasteiger partial charge is 0.368 e. The van der Waals surface area contributed by atoms with Crippen molar-refractivity contribution in [3.8, 4) is 0 Å². The number of nitrogens with zero attached hydrogens (tertiary/aromatic N) is 2. The number of nitrogen functional groups attached to an aromatic ring is 2. The quantitative estimate of drug-likeness (QED) is 0.390. The molecule has 0 unspecified atom stereocenters. The average Bonchev–Trinajstić information content (AvgIpc) is 2.35. The maximum Gasteiger partial charge on any atom is 0.223 e. The highest BCUT2D eigenvalue weighted by atomic mass is 79.9. The topological polar surface area (TPSA) is 102 Å². The smallest absolute Gasteiger partial charge is 0.223 e. The molecule has 0 aliphatic rings. The zero-order chi connectivity index (χ0) is 14.0. The molecule has 1 aromatic carbocycles. The fraction of sp³-hybridized carbons (Fsp3) is 0. The lowest BCUT2D eigenvalue weighted by atomic mass is 10.3. The Kier molecular flexibility index (Phi) is 3.76. The zero-order valence-electron chi connectivity index (χ0n) is 9.42. The molecule has 6 N–H and O–H groups in total. The van der Waals surface area contributed by atoms with Crippen LogP contribution in [0, 0.1) is 11.6 Å². The molecule has 0 saturated carbocycles. The summed E-state index contributed by atoms with van der Waals surface area (Å²) in [5.74, 6) is 4.18. The lowest BCUT2D eigenvalue weighted by Gasteiger charge is -2.09. The van der Waals surface area contributed by atoms with E-state index in [0.29, 0.717) is 0 Å². The Morgan fingerprint density at radius 3 is 2.42 bits per heavy atom. The number of halogens is 3. The molecule has 1 heterocycles. The molecule has 0 aliphatic carbocycles. The van der Waals surface area contributed by atoms with E-state index < -0.39 is 11.6 Å². The van der Waals surface area contributed by atoms with Crippen molar-refractivity contribution < 1.29 is 8.78 Å². The normalized spacial score (nSPS) is 10.3. The summed E-state index contributed by atoms with van der Waals surface area (Å²) >= 11 is 2.96. The zero-order valence-corrected chi connectivity index (χ0v) is 11.0. The van der Waals surface area contributed by atoms with Crippen LogP contribution in [0.15, 0.2) is 22.7 Å². The molecule has 0 radical (unpaired) electrons. The molecule has 0 amide bonds. The minimum absolute atomic E-state index is 0.0364. The van der Waals surface area contributed by atoms with Gasteiger partial charge in [-0.1, -0.05) is 0 Å². The lowest BCUT2D eigenvalue weighted by molar-refractivity contribution is 0.581. The van der Waals surface area contributed by atoms with Crippen LogP contribution in [0.2, 0.25) is 0 Å². The summed E-state index contributed by atoms with van der Waals surface area (Å²) < 4.78 is 26.8. The van der Waals surface area contributed by atoms with Crippen molar-refractivity contribution in [2.75, 3.05) is 16.5 Å². The Morgan fingerprint density at radius 1 is 1.05 bits per heavy atom. The van der Waals surface area contributed by atoms with Gasteiger partial charge in [0.05, 0.1) is 10.2 Å². The second-order valence-corrected chi connectivity index (χ2v) is 4.37. The van der Waals surface area contributed by atoms with Gasteiger partial charge in [0, 0.05) is 12.1 Å². The van der Waals surface area contributed by atoms with Crippen molar-refractivity contribution in [2.45, 2.75) is 0 Å². The van der Waals surface area contributed by atoms with E-state index >= 15 is 0 Å². The van der Waals surface area contributed by atoms with Gasteiger partial charge in [-0.3, -0.25) is 0 Å². The van der Waals surface area contributed by atoms with Gasteiger partial charge in [-0.2, -0.15) is 9.97 Å². The molecule has 0 atom stereocenters. The Balaban J connectivity index is 2.36. The van der Waals surface area contributed by atoms with Gasteiger partial charge in [-0.05, 0) is 22.0 Å². The first-order valence-electron chi connectivity index (χ1n) is 5.02. The van der Waals surface area contributed by atoms with Gasteiger partial charge in [0.1, 0.15) is 23.3 Å². The molecule has 0 spiro atoms. The summed E-state index contributed by atoms with van der Waals surface area (Å²) in [5.41, 5.74) is 7.79.